The molecule has 0 fully saturated rings. The van der Waals surface area contributed by atoms with E-state index in [0.29, 0.717) is 23.4 Å². The summed E-state index contributed by atoms with van der Waals surface area (Å²) in [5, 5.41) is 0.920. The van der Waals surface area contributed by atoms with Crippen molar-refractivity contribution in [2.75, 3.05) is 6.61 Å². The Balaban J connectivity index is 2.67. The molecule has 0 spiro atoms. The topological polar surface area (TPSA) is 59.2 Å². The third kappa shape index (κ3) is 2.74. The maximum Gasteiger partial charge on any atom is 0.248 e. The van der Waals surface area contributed by atoms with E-state index in [1.54, 1.807) is 12.1 Å². The van der Waals surface area contributed by atoms with Gasteiger partial charge >= 0.3 is 0 Å². The maximum absolute atomic E-state index is 11.8. The van der Waals surface area contributed by atoms with Crippen molar-refractivity contribution in [2.45, 2.75) is 33.1 Å². The van der Waals surface area contributed by atoms with Gasteiger partial charge in [-0.1, -0.05) is 13.3 Å². The van der Waals surface area contributed by atoms with E-state index in [9.17, 15) is 9.59 Å². The van der Waals surface area contributed by atoms with Gasteiger partial charge in [-0.15, -0.1) is 0 Å². The van der Waals surface area contributed by atoms with E-state index in [2.05, 4.69) is 11.9 Å². The highest BCUT2D eigenvalue weighted by Crippen LogP contribution is 2.27. The number of aromatic amines is 1. The summed E-state index contributed by atoms with van der Waals surface area (Å²) < 4.78 is 5.44. The Labute approximate surface area is 117 Å². The minimum Gasteiger partial charge on any atom is -0.493 e. The summed E-state index contributed by atoms with van der Waals surface area (Å²) in [7, 11) is 0. The van der Waals surface area contributed by atoms with Crippen molar-refractivity contribution in [3.8, 4) is 5.75 Å². The fraction of sp³-hybridized carbons (Fsp3) is 0.375. The molecule has 0 saturated carbocycles. The zero-order chi connectivity index (χ0) is 14.5. The number of aldehydes is 1. The molecule has 0 aliphatic rings. The largest absolute Gasteiger partial charge is 0.493 e. The van der Waals surface area contributed by atoms with Gasteiger partial charge in [0.15, 0.2) is 6.29 Å². The fourth-order valence-corrected chi connectivity index (χ4v) is 2.37. The second-order valence-electron chi connectivity index (χ2n) is 4.71. The highest BCUT2D eigenvalue weighted by Gasteiger charge is 2.12. The zero-order valence-corrected chi connectivity index (χ0v) is 11.9. The zero-order valence-electron chi connectivity index (χ0n) is 11.9. The lowest BCUT2D eigenvalue weighted by atomic mass is 10.0. The van der Waals surface area contributed by atoms with E-state index < -0.39 is 0 Å². The normalized spacial score (nSPS) is 10.7. The quantitative estimate of drug-likeness (QED) is 0.823. The van der Waals surface area contributed by atoms with E-state index in [1.807, 2.05) is 13.0 Å². The second kappa shape index (κ2) is 6.37. The Morgan fingerprint density at radius 1 is 1.30 bits per heavy atom. The molecule has 4 nitrogen and oxygen atoms in total. The number of H-pyrrole nitrogens is 1. The van der Waals surface area contributed by atoms with Crippen LogP contribution in [-0.4, -0.2) is 17.9 Å². The molecule has 1 aromatic carbocycles. The van der Waals surface area contributed by atoms with Crippen molar-refractivity contribution in [1.82, 2.24) is 4.98 Å². The molecular formula is C16H19NO3. The standard InChI is InChI=1S/C16H19NO3/c1-3-5-6-11-9-15(19)17-16-12(11)7-8-14(20-4-2)13(16)10-18/h7-10H,3-6H2,1-2H3,(H,17,19). The number of aromatic nitrogens is 1. The third-order valence-electron chi connectivity index (χ3n) is 3.32. The molecule has 1 heterocycles. The third-order valence-corrected chi connectivity index (χ3v) is 3.32. The predicted octanol–water partition coefficient (Wildman–Crippen LogP) is 3.08. The first-order valence-corrected chi connectivity index (χ1v) is 6.98. The summed E-state index contributed by atoms with van der Waals surface area (Å²) in [5.41, 5.74) is 1.79. The molecule has 0 aliphatic heterocycles. The number of carbonyl (C=O) groups is 1. The highest BCUT2D eigenvalue weighted by molar-refractivity contribution is 5.99. The summed E-state index contributed by atoms with van der Waals surface area (Å²) in [6, 6.07) is 5.32. The van der Waals surface area contributed by atoms with Crippen LogP contribution in [0.4, 0.5) is 0 Å². The fourth-order valence-electron chi connectivity index (χ4n) is 2.37. The lowest BCUT2D eigenvalue weighted by Crippen LogP contribution is -2.09. The Hall–Kier alpha value is -2.10. The molecule has 20 heavy (non-hydrogen) atoms. The number of fused-ring (bicyclic) bond motifs is 1. The lowest BCUT2D eigenvalue weighted by Gasteiger charge is -2.11. The number of hydrogen-bond donors (Lipinski definition) is 1. The molecular weight excluding hydrogens is 254 g/mol. The Bertz CT molecular complexity index is 673. The molecule has 1 N–H and O–H groups in total. The minimum absolute atomic E-state index is 0.180. The van der Waals surface area contributed by atoms with E-state index in [-0.39, 0.29) is 5.56 Å². The average molecular weight is 273 g/mol. The van der Waals surface area contributed by atoms with Crippen LogP contribution < -0.4 is 10.3 Å². The van der Waals surface area contributed by atoms with Crippen LogP contribution in [0, 0.1) is 0 Å². The number of hydrogen-bond acceptors (Lipinski definition) is 3. The Morgan fingerprint density at radius 2 is 2.10 bits per heavy atom. The molecule has 1 aromatic heterocycles. The molecule has 0 radical (unpaired) electrons. The van der Waals surface area contributed by atoms with Gasteiger partial charge in [-0.05, 0) is 37.5 Å². The minimum atomic E-state index is -0.180. The van der Waals surface area contributed by atoms with Crippen LogP contribution >= 0.6 is 0 Å². The van der Waals surface area contributed by atoms with E-state index in [0.717, 1.165) is 36.5 Å². The molecule has 0 amide bonds. The summed E-state index contributed by atoms with van der Waals surface area (Å²) in [6.07, 6.45) is 3.66. The van der Waals surface area contributed by atoms with Crippen molar-refractivity contribution >= 4 is 17.2 Å². The smallest absolute Gasteiger partial charge is 0.248 e. The maximum atomic E-state index is 11.8. The number of nitrogens with one attached hydrogen (secondary N) is 1. The highest BCUT2D eigenvalue weighted by atomic mass is 16.5. The number of carbonyl (C=O) groups excluding carboxylic acids is 1. The summed E-state index contributed by atoms with van der Waals surface area (Å²) >= 11 is 0. The van der Waals surface area contributed by atoms with Crippen molar-refractivity contribution in [3.63, 3.8) is 0 Å². The van der Waals surface area contributed by atoms with Gasteiger partial charge in [-0.25, -0.2) is 0 Å². The Morgan fingerprint density at radius 3 is 2.75 bits per heavy atom. The Kier molecular flexibility index (Phi) is 4.56. The number of unbranched alkanes of at least 4 members (excludes halogenated alkanes) is 1. The molecule has 0 unspecified atom stereocenters. The summed E-state index contributed by atoms with van der Waals surface area (Å²) in [6.45, 7) is 4.45. The predicted molar refractivity (Wildman–Crippen MR) is 79.7 cm³/mol. The van der Waals surface area contributed by atoms with Crippen molar-refractivity contribution in [2.24, 2.45) is 0 Å². The molecule has 2 aromatic rings. The molecule has 0 aliphatic carbocycles. The molecule has 4 heteroatoms. The van der Waals surface area contributed by atoms with Crippen LogP contribution in [0.5, 0.6) is 5.75 Å². The summed E-state index contributed by atoms with van der Waals surface area (Å²) in [5.74, 6) is 0.512. The van der Waals surface area contributed by atoms with E-state index in [4.69, 9.17) is 4.74 Å². The van der Waals surface area contributed by atoms with Gasteiger partial charge in [-0.2, -0.15) is 0 Å². The van der Waals surface area contributed by atoms with Crippen LogP contribution in [0.25, 0.3) is 10.9 Å². The van der Waals surface area contributed by atoms with Gasteiger partial charge in [0, 0.05) is 11.5 Å². The first kappa shape index (κ1) is 14.3. The summed E-state index contributed by atoms with van der Waals surface area (Å²) in [4.78, 5) is 25.9. The monoisotopic (exact) mass is 273 g/mol. The van der Waals surface area contributed by atoms with Crippen molar-refractivity contribution < 1.29 is 9.53 Å². The number of pyridine rings is 1. The van der Waals surface area contributed by atoms with Crippen LogP contribution in [0.2, 0.25) is 0 Å². The van der Waals surface area contributed by atoms with Gasteiger partial charge in [0.05, 0.1) is 17.7 Å². The van der Waals surface area contributed by atoms with Crippen LogP contribution in [-0.2, 0) is 6.42 Å². The van der Waals surface area contributed by atoms with Crippen LogP contribution in [0.15, 0.2) is 23.0 Å². The SMILES string of the molecule is CCCCc1cc(=O)[nH]c2c(C=O)c(OCC)ccc12. The van der Waals surface area contributed by atoms with Gasteiger partial charge < -0.3 is 9.72 Å². The van der Waals surface area contributed by atoms with Gasteiger partial charge in [-0.3, -0.25) is 9.59 Å². The van der Waals surface area contributed by atoms with Gasteiger partial charge in [0.1, 0.15) is 5.75 Å². The molecule has 2 rings (SSSR count). The van der Waals surface area contributed by atoms with Crippen molar-refractivity contribution in [1.29, 1.82) is 0 Å². The molecule has 0 bridgehead atoms. The lowest BCUT2D eigenvalue weighted by molar-refractivity contribution is 0.112. The average Bonchev–Trinajstić information content (AvgIpc) is 2.44. The molecule has 0 saturated heterocycles. The number of aryl methyl sites for hydroxylation is 1. The van der Waals surface area contributed by atoms with E-state index in [1.165, 1.54) is 0 Å². The van der Waals surface area contributed by atoms with Gasteiger partial charge in [0.2, 0.25) is 5.56 Å². The van der Waals surface area contributed by atoms with Crippen molar-refractivity contribution in [3.05, 3.63) is 39.7 Å². The molecule has 106 valence electrons. The van der Waals surface area contributed by atoms with Crippen LogP contribution in [0.3, 0.4) is 0 Å². The van der Waals surface area contributed by atoms with E-state index >= 15 is 0 Å². The number of ether oxygens (including phenoxy) is 1. The van der Waals surface area contributed by atoms with Gasteiger partial charge in [0.25, 0.3) is 0 Å². The first-order chi connectivity index (χ1) is 9.71. The number of rotatable bonds is 6. The molecule has 0 atom stereocenters. The van der Waals surface area contributed by atoms with Crippen LogP contribution in [0.1, 0.15) is 42.6 Å². The number of benzene rings is 1. The second-order valence-corrected chi connectivity index (χ2v) is 4.71. The first-order valence-electron chi connectivity index (χ1n) is 6.98.